The first kappa shape index (κ1) is 18.1. The molecular formula is C20H18N4O3S. The predicted molar refractivity (Wildman–Crippen MR) is 106 cm³/mol. The molecule has 142 valence electrons. The first-order chi connectivity index (χ1) is 13.7. The van der Waals surface area contributed by atoms with Crippen LogP contribution in [0.25, 0.3) is 16.8 Å². The summed E-state index contributed by atoms with van der Waals surface area (Å²) in [6, 6.07) is 13.3. The zero-order valence-corrected chi connectivity index (χ0v) is 16.0. The minimum Gasteiger partial charge on any atom is -0.497 e. The van der Waals surface area contributed by atoms with Gasteiger partial charge in [-0.3, -0.25) is 4.79 Å². The van der Waals surface area contributed by atoms with Crippen molar-refractivity contribution in [3.8, 4) is 17.0 Å². The van der Waals surface area contributed by atoms with Crippen LogP contribution in [0.5, 0.6) is 5.75 Å². The number of nitrogens with zero attached hydrogens (tertiary/aromatic N) is 3. The van der Waals surface area contributed by atoms with Gasteiger partial charge >= 0.3 is 0 Å². The van der Waals surface area contributed by atoms with Crippen molar-refractivity contribution in [2.75, 3.05) is 12.9 Å². The van der Waals surface area contributed by atoms with Crippen molar-refractivity contribution in [1.82, 2.24) is 19.9 Å². The van der Waals surface area contributed by atoms with Gasteiger partial charge in [-0.25, -0.2) is 9.50 Å². The van der Waals surface area contributed by atoms with Crippen LogP contribution < -0.4 is 10.1 Å². The van der Waals surface area contributed by atoms with Gasteiger partial charge in [-0.1, -0.05) is 11.8 Å². The first-order valence-corrected chi connectivity index (χ1v) is 9.62. The number of ether oxygens (including phenoxy) is 1. The maximum Gasteiger partial charge on any atom is 0.230 e. The normalized spacial score (nSPS) is 10.9. The monoisotopic (exact) mass is 394 g/mol. The molecule has 1 N–H and O–H groups in total. The minimum absolute atomic E-state index is 0.0832. The molecule has 0 unspecified atom stereocenters. The van der Waals surface area contributed by atoms with Crippen LogP contribution in [0.1, 0.15) is 5.76 Å². The van der Waals surface area contributed by atoms with E-state index in [2.05, 4.69) is 15.4 Å². The standard InChI is InChI=1S/C20H18N4O3S/c1-26-15-6-4-14(5-7-15)17-11-18-20(21-8-9-24(18)23-17)28-13-19(25)22-12-16-3-2-10-27-16/h2-11H,12-13H2,1H3,(H,22,25). The van der Waals surface area contributed by atoms with E-state index in [4.69, 9.17) is 9.15 Å². The number of fused-ring (bicyclic) bond motifs is 1. The highest BCUT2D eigenvalue weighted by Crippen LogP contribution is 2.27. The number of thioether (sulfide) groups is 1. The van der Waals surface area contributed by atoms with E-state index < -0.39 is 0 Å². The van der Waals surface area contributed by atoms with Gasteiger partial charge in [0.1, 0.15) is 16.5 Å². The fourth-order valence-corrected chi connectivity index (χ4v) is 3.50. The van der Waals surface area contributed by atoms with E-state index in [1.165, 1.54) is 11.8 Å². The molecule has 0 bridgehead atoms. The molecule has 0 atom stereocenters. The summed E-state index contributed by atoms with van der Waals surface area (Å²) in [7, 11) is 1.64. The van der Waals surface area contributed by atoms with Crippen LogP contribution in [0.2, 0.25) is 0 Å². The maximum atomic E-state index is 12.1. The average molecular weight is 394 g/mol. The summed E-state index contributed by atoms with van der Waals surface area (Å²) in [6.45, 7) is 0.373. The van der Waals surface area contributed by atoms with Crippen molar-refractivity contribution in [3.05, 3.63) is 66.9 Å². The molecule has 1 amide bonds. The molecule has 0 aliphatic rings. The quantitative estimate of drug-likeness (QED) is 0.484. The van der Waals surface area contributed by atoms with Gasteiger partial charge in [-0.15, -0.1) is 0 Å². The lowest BCUT2D eigenvalue weighted by atomic mass is 10.1. The Morgan fingerprint density at radius 1 is 1.29 bits per heavy atom. The molecule has 3 heterocycles. The molecule has 3 aromatic heterocycles. The SMILES string of the molecule is COc1ccc(-c2cc3c(SCC(=O)NCc4ccco4)nccn3n2)cc1. The number of hydrogen-bond donors (Lipinski definition) is 1. The molecule has 8 heteroatoms. The van der Waals surface area contributed by atoms with E-state index in [1.807, 2.05) is 36.4 Å². The Bertz CT molecular complexity index is 1070. The van der Waals surface area contributed by atoms with E-state index >= 15 is 0 Å². The van der Waals surface area contributed by atoms with Gasteiger partial charge in [0.05, 0.1) is 36.9 Å². The van der Waals surface area contributed by atoms with Crippen molar-refractivity contribution >= 4 is 23.2 Å². The third kappa shape index (κ3) is 4.01. The summed E-state index contributed by atoms with van der Waals surface area (Å²) in [4.78, 5) is 16.5. The Hall–Kier alpha value is -3.26. The number of amides is 1. The molecule has 4 aromatic rings. The summed E-state index contributed by atoms with van der Waals surface area (Å²) in [6.07, 6.45) is 5.06. The molecule has 0 radical (unpaired) electrons. The molecule has 0 fully saturated rings. The second-order valence-corrected chi connectivity index (χ2v) is 6.93. The van der Waals surface area contributed by atoms with Gasteiger partial charge in [-0.05, 0) is 42.5 Å². The Morgan fingerprint density at radius 2 is 2.14 bits per heavy atom. The third-order valence-electron chi connectivity index (χ3n) is 4.12. The van der Waals surface area contributed by atoms with Crippen molar-refractivity contribution in [2.24, 2.45) is 0 Å². The van der Waals surface area contributed by atoms with E-state index in [0.29, 0.717) is 6.54 Å². The van der Waals surface area contributed by atoms with E-state index in [0.717, 1.165) is 33.3 Å². The third-order valence-corrected chi connectivity index (χ3v) is 5.11. The summed E-state index contributed by atoms with van der Waals surface area (Å²) in [5.41, 5.74) is 2.67. The zero-order valence-electron chi connectivity index (χ0n) is 15.2. The topological polar surface area (TPSA) is 81.7 Å². The van der Waals surface area contributed by atoms with Gasteiger partial charge in [0.15, 0.2) is 0 Å². The Morgan fingerprint density at radius 3 is 2.89 bits per heavy atom. The van der Waals surface area contributed by atoms with Crippen LogP contribution in [0.4, 0.5) is 0 Å². The number of hydrogen-bond acceptors (Lipinski definition) is 6. The van der Waals surface area contributed by atoms with Crippen LogP contribution in [-0.4, -0.2) is 33.4 Å². The van der Waals surface area contributed by atoms with Gasteiger partial charge in [0.2, 0.25) is 5.91 Å². The fraction of sp³-hybridized carbons (Fsp3) is 0.150. The molecule has 28 heavy (non-hydrogen) atoms. The Labute approximate surface area is 165 Å². The number of aromatic nitrogens is 3. The highest BCUT2D eigenvalue weighted by atomic mass is 32.2. The van der Waals surface area contributed by atoms with Crippen LogP contribution in [0.3, 0.4) is 0 Å². The number of nitrogens with one attached hydrogen (secondary N) is 1. The number of furan rings is 1. The van der Waals surface area contributed by atoms with E-state index in [-0.39, 0.29) is 11.7 Å². The molecule has 0 saturated heterocycles. The van der Waals surface area contributed by atoms with Crippen LogP contribution in [-0.2, 0) is 11.3 Å². The van der Waals surface area contributed by atoms with Crippen molar-refractivity contribution in [2.45, 2.75) is 11.6 Å². The number of carbonyl (C=O) groups excluding carboxylic acids is 1. The van der Waals surface area contributed by atoms with Crippen molar-refractivity contribution in [3.63, 3.8) is 0 Å². The first-order valence-electron chi connectivity index (χ1n) is 8.63. The molecule has 7 nitrogen and oxygen atoms in total. The highest BCUT2D eigenvalue weighted by Gasteiger charge is 2.12. The number of methoxy groups -OCH3 is 1. The van der Waals surface area contributed by atoms with Gasteiger partial charge in [-0.2, -0.15) is 5.10 Å². The predicted octanol–water partition coefficient (Wildman–Crippen LogP) is 3.41. The smallest absolute Gasteiger partial charge is 0.230 e. The molecule has 0 aliphatic carbocycles. The molecule has 4 rings (SSSR count). The number of rotatable bonds is 7. The van der Waals surface area contributed by atoms with E-state index in [9.17, 15) is 4.79 Å². The van der Waals surface area contributed by atoms with Crippen LogP contribution in [0, 0.1) is 0 Å². The summed E-state index contributed by atoms with van der Waals surface area (Å²) in [5, 5.41) is 8.19. The largest absolute Gasteiger partial charge is 0.497 e. The zero-order chi connectivity index (χ0) is 19.3. The summed E-state index contributed by atoms with van der Waals surface area (Å²) >= 11 is 1.38. The lowest BCUT2D eigenvalue weighted by Gasteiger charge is -2.04. The lowest BCUT2D eigenvalue weighted by Crippen LogP contribution is -2.24. The van der Waals surface area contributed by atoms with Crippen LogP contribution in [0.15, 0.2) is 70.6 Å². The van der Waals surface area contributed by atoms with Crippen molar-refractivity contribution in [1.29, 1.82) is 0 Å². The summed E-state index contributed by atoms with van der Waals surface area (Å²) in [5.74, 6) is 1.70. The van der Waals surface area contributed by atoms with Crippen molar-refractivity contribution < 1.29 is 13.9 Å². The molecule has 0 aliphatic heterocycles. The molecular weight excluding hydrogens is 376 g/mol. The van der Waals surface area contributed by atoms with Gasteiger partial charge < -0.3 is 14.5 Å². The minimum atomic E-state index is -0.0832. The fourth-order valence-electron chi connectivity index (χ4n) is 2.70. The maximum absolute atomic E-state index is 12.1. The Kier molecular flexibility index (Phi) is 5.29. The molecule has 1 aromatic carbocycles. The van der Waals surface area contributed by atoms with Gasteiger partial charge in [0, 0.05) is 18.0 Å². The summed E-state index contributed by atoms with van der Waals surface area (Å²) < 4.78 is 12.2. The average Bonchev–Trinajstić information content (AvgIpc) is 3.40. The molecule has 0 saturated carbocycles. The highest BCUT2D eigenvalue weighted by molar-refractivity contribution is 8.00. The van der Waals surface area contributed by atoms with Crippen LogP contribution >= 0.6 is 11.8 Å². The second kappa shape index (κ2) is 8.18. The second-order valence-electron chi connectivity index (χ2n) is 5.97. The number of benzene rings is 1. The van der Waals surface area contributed by atoms with E-state index in [1.54, 1.807) is 36.3 Å². The molecule has 0 spiro atoms. The Balaban J connectivity index is 1.46. The van der Waals surface area contributed by atoms with Gasteiger partial charge in [0.25, 0.3) is 0 Å². The lowest BCUT2D eigenvalue weighted by molar-refractivity contribution is -0.118. The number of carbonyl (C=O) groups is 1.